The molecule has 4 nitrogen and oxygen atoms in total. The highest BCUT2D eigenvalue weighted by atomic mass is 16.1. The van der Waals surface area contributed by atoms with Gasteiger partial charge in [-0.25, -0.2) is 0 Å². The van der Waals surface area contributed by atoms with Crippen LogP contribution in [0.2, 0.25) is 0 Å². The fraction of sp³-hybridized carbons (Fsp3) is 0.464. The molecule has 0 spiro atoms. The van der Waals surface area contributed by atoms with Crippen molar-refractivity contribution in [1.29, 1.82) is 0 Å². The van der Waals surface area contributed by atoms with Gasteiger partial charge in [0.15, 0.2) is 0 Å². The third kappa shape index (κ3) is 5.80. The number of fused-ring (bicyclic) bond motifs is 1. The minimum atomic E-state index is 0.159. The topological polar surface area (TPSA) is 37.3 Å². The van der Waals surface area contributed by atoms with E-state index in [0.717, 1.165) is 32.5 Å². The molecule has 0 saturated carbocycles. The summed E-state index contributed by atoms with van der Waals surface area (Å²) in [5.74, 6) is 0.159. The number of likely N-dealkylation sites (tertiary alicyclic amines) is 1. The fourth-order valence-electron chi connectivity index (χ4n) is 4.88. The van der Waals surface area contributed by atoms with Gasteiger partial charge in [0.1, 0.15) is 0 Å². The third-order valence-electron chi connectivity index (χ3n) is 6.85. The number of nitrogens with one attached hydrogen (secondary N) is 1. The van der Waals surface area contributed by atoms with Crippen LogP contribution < -0.4 is 5.32 Å². The average Bonchev–Trinajstić information content (AvgIpc) is 3.15. The van der Waals surface area contributed by atoms with Gasteiger partial charge in [0.25, 0.3) is 0 Å². The highest BCUT2D eigenvalue weighted by Gasteiger charge is 2.17. The van der Waals surface area contributed by atoms with Crippen molar-refractivity contribution in [2.45, 2.75) is 65.0 Å². The molecule has 1 N–H and O–H groups in total. The van der Waals surface area contributed by atoms with Crippen molar-refractivity contribution >= 4 is 16.8 Å². The molecule has 1 aliphatic rings. The minimum absolute atomic E-state index is 0.159. The largest absolute Gasteiger partial charge is 0.356 e. The smallest absolute Gasteiger partial charge is 0.220 e. The van der Waals surface area contributed by atoms with Gasteiger partial charge < -0.3 is 14.8 Å². The maximum absolute atomic E-state index is 12.5. The first-order valence-electron chi connectivity index (χ1n) is 12.2. The molecule has 32 heavy (non-hydrogen) atoms. The van der Waals surface area contributed by atoms with E-state index in [4.69, 9.17) is 0 Å². The van der Waals surface area contributed by atoms with E-state index in [1.165, 1.54) is 53.4 Å². The van der Waals surface area contributed by atoms with Gasteiger partial charge in [-0.05, 0) is 63.3 Å². The second-order valence-electron chi connectivity index (χ2n) is 9.37. The number of carbonyl (C=O) groups is 1. The lowest BCUT2D eigenvalue weighted by Crippen LogP contribution is -2.39. The number of amides is 1. The number of aryl methyl sites for hydroxylation is 2. The van der Waals surface area contributed by atoms with Crippen LogP contribution in [0.1, 0.15) is 55.7 Å². The van der Waals surface area contributed by atoms with Crippen LogP contribution in [0.3, 0.4) is 0 Å². The monoisotopic (exact) mass is 431 g/mol. The quantitative estimate of drug-likeness (QED) is 0.466. The Morgan fingerprint density at radius 2 is 1.91 bits per heavy atom. The molecule has 4 rings (SSSR count). The summed E-state index contributed by atoms with van der Waals surface area (Å²) in [6, 6.07) is 17.9. The summed E-state index contributed by atoms with van der Waals surface area (Å²) in [6.45, 7) is 8.37. The second kappa shape index (κ2) is 10.8. The highest BCUT2D eigenvalue weighted by Crippen LogP contribution is 2.24. The van der Waals surface area contributed by atoms with Crippen LogP contribution in [0.5, 0.6) is 0 Å². The number of para-hydroxylation sites is 1. The van der Waals surface area contributed by atoms with E-state index in [1.54, 1.807) is 0 Å². The summed E-state index contributed by atoms with van der Waals surface area (Å²) in [5.41, 5.74) is 5.07. The molecule has 170 valence electrons. The predicted octanol–water partition coefficient (Wildman–Crippen LogP) is 5.31. The molecule has 3 aromatic rings. The third-order valence-corrected chi connectivity index (χ3v) is 6.85. The number of benzene rings is 2. The van der Waals surface area contributed by atoms with Crippen molar-refractivity contribution in [2.24, 2.45) is 0 Å². The van der Waals surface area contributed by atoms with Gasteiger partial charge in [-0.15, -0.1) is 0 Å². The van der Waals surface area contributed by atoms with E-state index in [1.807, 2.05) is 0 Å². The summed E-state index contributed by atoms with van der Waals surface area (Å²) in [6.07, 6.45) is 8.56. The van der Waals surface area contributed by atoms with Crippen molar-refractivity contribution in [3.8, 4) is 0 Å². The summed E-state index contributed by atoms with van der Waals surface area (Å²) in [4.78, 5) is 15.0. The van der Waals surface area contributed by atoms with E-state index < -0.39 is 0 Å². The van der Waals surface area contributed by atoms with Gasteiger partial charge in [-0.2, -0.15) is 0 Å². The van der Waals surface area contributed by atoms with Crippen molar-refractivity contribution in [3.05, 3.63) is 71.4 Å². The Balaban J connectivity index is 1.30. The molecule has 1 aromatic heterocycles. The molecule has 4 heteroatoms. The Kier molecular flexibility index (Phi) is 7.64. The Morgan fingerprint density at radius 3 is 2.72 bits per heavy atom. The van der Waals surface area contributed by atoms with Crippen LogP contribution in [-0.4, -0.2) is 41.1 Å². The number of hydrogen-bond donors (Lipinski definition) is 1. The molecule has 1 aliphatic heterocycles. The molecule has 0 radical (unpaired) electrons. The zero-order chi connectivity index (χ0) is 22.3. The zero-order valence-electron chi connectivity index (χ0n) is 19.6. The predicted molar refractivity (Wildman–Crippen MR) is 133 cm³/mol. The Labute approximate surface area is 192 Å². The number of hydrogen-bond acceptors (Lipinski definition) is 2. The summed E-state index contributed by atoms with van der Waals surface area (Å²) >= 11 is 0. The first-order valence-corrected chi connectivity index (χ1v) is 12.2. The number of aromatic nitrogens is 1. The van der Waals surface area contributed by atoms with Gasteiger partial charge in [0, 0.05) is 49.2 Å². The normalized spacial score (nSPS) is 17.0. The zero-order valence-corrected chi connectivity index (χ0v) is 19.6. The maximum Gasteiger partial charge on any atom is 0.220 e. The lowest BCUT2D eigenvalue weighted by Gasteiger charge is -2.33. The van der Waals surface area contributed by atoms with Crippen LogP contribution in [0, 0.1) is 6.92 Å². The Bertz CT molecular complexity index is 1020. The molecule has 2 aromatic carbocycles. The van der Waals surface area contributed by atoms with Crippen LogP contribution in [0.4, 0.5) is 0 Å². The van der Waals surface area contributed by atoms with Crippen LogP contribution >= 0.6 is 0 Å². The maximum atomic E-state index is 12.5. The highest BCUT2D eigenvalue weighted by molar-refractivity contribution is 5.85. The van der Waals surface area contributed by atoms with E-state index in [2.05, 4.69) is 83.4 Å². The van der Waals surface area contributed by atoms with Crippen LogP contribution in [-0.2, 0) is 17.8 Å². The Morgan fingerprint density at radius 1 is 1.09 bits per heavy atom. The molecule has 1 saturated heterocycles. The second-order valence-corrected chi connectivity index (χ2v) is 9.37. The van der Waals surface area contributed by atoms with Gasteiger partial charge in [-0.3, -0.25) is 4.79 Å². The van der Waals surface area contributed by atoms with Crippen molar-refractivity contribution in [3.63, 3.8) is 0 Å². The minimum Gasteiger partial charge on any atom is -0.356 e. The lowest BCUT2D eigenvalue weighted by molar-refractivity contribution is -0.121. The first-order chi connectivity index (χ1) is 15.6. The molecule has 0 unspecified atom stereocenters. The standard InChI is InChI=1S/C28H37N3O/c1-22-11-13-24(14-12-22)20-31-21-25(26-9-3-4-10-27(26)31)15-16-28(32)29-17-7-19-30-18-6-5-8-23(30)2/h3-4,9-14,21,23H,5-8,15-20H2,1-2H3,(H,29,32)/t23-/m1/s1. The summed E-state index contributed by atoms with van der Waals surface area (Å²) in [5, 5.41) is 4.39. The fourth-order valence-corrected chi connectivity index (χ4v) is 4.88. The van der Waals surface area contributed by atoms with E-state index in [-0.39, 0.29) is 5.91 Å². The van der Waals surface area contributed by atoms with Gasteiger partial charge >= 0.3 is 0 Å². The molecule has 0 bridgehead atoms. The molecule has 2 heterocycles. The SMILES string of the molecule is Cc1ccc(Cn2cc(CCC(=O)NCCCN3CCCC[C@H]3C)c3ccccc32)cc1. The van der Waals surface area contributed by atoms with E-state index in [0.29, 0.717) is 12.5 Å². The number of rotatable bonds is 9. The lowest BCUT2D eigenvalue weighted by atomic mass is 10.0. The van der Waals surface area contributed by atoms with Crippen molar-refractivity contribution < 1.29 is 4.79 Å². The molecule has 1 amide bonds. The van der Waals surface area contributed by atoms with E-state index >= 15 is 0 Å². The molecular formula is C28H37N3O. The number of nitrogens with zero attached hydrogens (tertiary/aromatic N) is 2. The van der Waals surface area contributed by atoms with Gasteiger partial charge in [0.2, 0.25) is 5.91 Å². The average molecular weight is 432 g/mol. The summed E-state index contributed by atoms with van der Waals surface area (Å²) in [7, 11) is 0. The number of piperidine rings is 1. The molecule has 1 fully saturated rings. The van der Waals surface area contributed by atoms with Crippen LogP contribution in [0.15, 0.2) is 54.7 Å². The van der Waals surface area contributed by atoms with Crippen LogP contribution in [0.25, 0.3) is 10.9 Å². The van der Waals surface area contributed by atoms with Crippen molar-refractivity contribution in [2.75, 3.05) is 19.6 Å². The van der Waals surface area contributed by atoms with Crippen molar-refractivity contribution in [1.82, 2.24) is 14.8 Å². The number of carbonyl (C=O) groups excluding carboxylic acids is 1. The molecule has 1 atom stereocenters. The first kappa shape index (κ1) is 22.6. The summed E-state index contributed by atoms with van der Waals surface area (Å²) < 4.78 is 2.31. The molecule has 0 aliphatic carbocycles. The van der Waals surface area contributed by atoms with Gasteiger partial charge in [-0.1, -0.05) is 54.4 Å². The molecular weight excluding hydrogens is 394 g/mol. The Hall–Kier alpha value is -2.59. The van der Waals surface area contributed by atoms with E-state index in [9.17, 15) is 4.79 Å². The van der Waals surface area contributed by atoms with Gasteiger partial charge in [0.05, 0.1) is 0 Å².